The van der Waals surface area contributed by atoms with Crippen molar-refractivity contribution in [1.82, 2.24) is 9.55 Å². The minimum atomic E-state index is -0.925. The number of carboxylic acids is 1. The molecular weight excluding hydrogens is 268 g/mol. The highest BCUT2D eigenvalue weighted by atomic mass is 16.4. The predicted molar refractivity (Wildman–Crippen MR) is 79.5 cm³/mol. The number of benzene rings is 1. The maximum Gasteiger partial charge on any atom is 0.337 e. The smallest absolute Gasteiger partial charge is 0.337 e. The van der Waals surface area contributed by atoms with E-state index in [1.54, 1.807) is 12.1 Å². The van der Waals surface area contributed by atoms with Gasteiger partial charge in [-0.3, -0.25) is 0 Å². The summed E-state index contributed by atoms with van der Waals surface area (Å²) in [5.41, 5.74) is 1.74. The summed E-state index contributed by atoms with van der Waals surface area (Å²) in [6.45, 7) is 4.85. The topological polar surface area (TPSA) is 75.3 Å². The number of aromatic nitrogens is 2. The molecule has 1 fully saturated rings. The van der Waals surface area contributed by atoms with E-state index in [0.29, 0.717) is 17.0 Å². The first-order valence-corrected chi connectivity index (χ1v) is 7.38. The molecule has 1 aromatic carbocycles. The standard InChI is InChI=1S/C16H20N2O3/c1-9(2)15-17-13-5-3-4-12(16(20)21)14(13)18(15)8-10-6-11(19)7-10/h3-5,9-11,19H,6-8H2,1-2H3,(H,20,21). The number of imidazole rings is 1. The number of fused-ring (bicyclic) bond motifs is 1. The van der Waals surface area contributed by atoms with E-state index < -0.39 is 5.97 Å². The molecule has 3 rings (SSSR count). The number of aliphatic hydroxyl groups excluding tert-OH is 1. The van der Waals surface area contributed by atoms with Gasteiger partial charge >= 0.3 is 5.97 Å². The molecule has 0 amide bonds. The normalized spacial score (nSPS) is 21.7. The molecule has 1 heterocycles. The summed E-state index contributed by atoms with van der Waals surface area (Å²) in [6.07, 6.45) is 1.37. The lowest BCUT2D eigenvalue weighted by Gasteiger charge is -2.32. The molecule has 5 heteroatoms. The molecule has 0 atom stereocenters. The molecule has 1 aliphatic carbocycles. The second kappa shape index (κ2) is 5.15. The summed E-state index contributed by atoms with van der Waals surface area (Å²) in [5, 5.41) is 18.9. The van der Waals surface area contributed by atoms with E-state index in [9.17, 15) is 15.0 Å². The summed E-state index contributed by atoms with van der Waals surface area (Å²) in [6, 6.07) is 5.22. The largest absolute Gasteiger partial charge is 0.478 e. The molecule has 21 heavy (non-hydrogen) atoms. The van der Waals surface area contributed by atoms with Gasteiger partial charge in [-0.15, -0.1) is 0 Å². The third kappa shape index (κ3) is 2.42. The van der Waals surface area contributed by atoms with Crippen LogP contribution in [0, 0.1) is 5.92 Å². The van der Waals surface area contributed by atoms with Crippen LogP contribution in [0.3, 0.4) is 0 Å². The zero-order valence-corrected chi connectivity index (χ0v) is 12.3. The van der Waals surface area contributed by atoms with Crippen molar-refractivity contribution >= 4 is 17.0 Å². The summed E-state index contributed by atoms with van der Waals surface area (Å²) in [5.74, 6) is 0.617. The Morgan fingerprint density at radius 1 is 1.43 bits per heavy atom. The average Bonchev–Trinajstić information content (AvgIpc) is 2.76. The van der Waals surface area contributed by atoms with Crippen molar-refractivity contribution in [3.05, 3.63) is 29.6 Å². The predicted octanol–water partition coefficient (Wildman–Crippen LogP) is 2.63. The van der Waals surface area contributed by atoms with Gasteiger partial charge in [0.1, 0.15) is 5.82 Å². The molecule has 0 radical (unpaired) electrons. The fourth-order valence-electron chi connectivity index (χ4n) is 3.11. The van der Waals surface area contributed by atoms with E-state index in [-0.39, 0.29) is 12.0 Å². The van der Waals surface area contributed by atoms with E-state index in [0.717, 1.165) is 30.7 Å². The maximum atomic E-state index is 11.5. The number of nitrogens with zero attached hydrogens (tertiary/aromatic N) is 2. The van der Waals surface area contributed by atoms with Gasteiger partial charge in [0.2, 0.25) is 0 Å². The quantitative estimate of drug-likeness (QED) is 0.907. The first kappa shape index (κ1) is 14.1. The van der Waals surface area contributed by atoms with Crippen LogP contribution >= 0.6 is 0 Å². The molecule has 1 saturated carbocycles. The number of carboxylic acid groups (broad SMARTS) is 1. The minimum absolute atomic E-state index is 0.203. The maximum absolute atomic E-state index is 11.5. The number of aromatic carboxylic acids is 1. The second-order valence-corrected chi connectivity index (χ2v) is 6.21. The van der Waals surface area contributed by atoms with Crippen LogP contribution in [0.1, 0.15) is 48.8 Å². The summed E-state index contributed by atoms with van der Waals surface area (Å²) >= 11 is 0. The second-order valence-electron chi connectivity index (χ2n) is 6.21. The monoisotopic (exact) mass is 288 g/mol. The number of hydrogen-bond donors (Lipinski definition) is 2. The number of carbonyl (C=O) groups is 1. The van der Waals surface area contributed by atoms with Crippen molar-refractivity contribution in [1.29, 1.82) is 0 Å². The van der Waals surface area contributed by atoms with Crippen molar-refractivity contribution in [3.63, 3.8) is 0 Å². The molecule has 2 aromatic rings. The molecule has 0 aliphatic heterocycles. The number of rotatable bonds is 4. The Morgan fingerprint density at radius 3 is 2.71 bits per heavy atom. The van der Waals surface area contributed by atoms with Gasteiger partial charge in [0.25, 0.3) is 0 Å². The summed E-state index contributed by atoms with van der Waals surface area (Å²) < 4.78 is 2.04. The molecule has 112 valence electrons. The summed E-state index contributed by atoms with van der Waals surface area (Å²) in [7, 11) is 0. The average molecular weight is 288 g/mol. The third-order valence-electron chi connectivity index (χ3n) is 4.19. The molecule has 2 N–H and O–H groups in total. The van der Waals surface area contributed by atoms with Gasteiger partial charge in [-0.25, -0.2) is 9.78 Å². The Kier molecular flexibility index (Phi) is 3.45. The fraction of sp³-hybridized carbons (Fsp3) is 0.500. The molecule has 1 aromatic heterocycles. The lowest BCUT2D eigenvalue weighted by atomic mass is 9.82. The van der Waals surface area contributed by atoms with Crippen LogP contribution in [-0.4, -0.2) is 31.8 Å². The molecule has 0 bridgehead atoms. The van der Waals surface area contributed by atoms with E-state index in [1.807, 2.05) is 10.6 Å². The highest BCUT2D eigenvalue weighted by Crippen LogP contribution is 2.32. The van der Waals surface area contributed by atoms with Gasteiger partial charge < -0.3 is 14.8 Å². The van der Waals surface area contributed by atoms with Gasteiger partial charge in [0.15, 0.2) is 0 Å². The van der Waals surface area contributed by atoms with Crippen LogP contribution in [0.25, 0.3) is 11.0 Å². The van der Waals surface area contributed by atoms with Crippen LogP contribution in [0.2, 0.25) is 0 Å². The van der Waals surface area contributed by atoms with Crippen LogP contribution in [0.4, 0.5) is 0 Å². The van der Waals surface area contributed by atoms with Crippen molar-refractivity contribution in [3.8, 4) is 0 Å². The molecule has 0 saturated heterocycles. The van der Waals surface area contributed by atoms with E-state index >= 15 is 0 Å². The van der Waals surface area contributed by atoms with Gasteiger partial charge in [-0.05, 0) is 30.9 Å². The van der Waals surface area contributed by atoms with Crippen LogP contribution in [0.5, 0.6) is 0 Å². The lowest BCUT2D eigenvalue weighted by molar-refractivity contribution is 0.0352. The van der Waals surface area contributed by atoms with Crippen molar-refractivity contribution in [2.45, 2.75) is 45.3 Å². The SMILES string of the molecule is CC(C)c1nc2cccc(C(=O)O)c2n1CC1CC(O)C1. The first-order valence-electron chi connectivity index (χ1n) is 7.38. The van der Waals surface area contributed by atoms with Gasteiger partial charge in [0.05, 0.1) is 22.7 Å². The van der Waals surface area contributed by atoms with Gasteiger partial charge in [0, 0.05) is 12.5 Å². The molecule has 0 spiro atoms. The highest BCUT2D eigenvalue weighted by Gasteiger charge is 2.29. The summed E-state index contributed by atoms with van der Waals surface area (Å²) in [4.78, 5) is 16.1. The zero-order chi connectivity index (χ0) is 15.1. The van der Waals surface area contributed by atoms with Crippen molar-refractivity contribution < 1.29 is 15.0 Å². The van der Waals surface area contributed by atoms with Crippen molar-refractivity contribution in [2.75, 3.05) is 0 Å². The van der Waals surface area contributed by atoms with Gasteiger partial charge in [-0.1, -0.05) is 19.9 Å². The Hall–Kier alpha value is -1.88. The van der Waals surface area contributed by atoms with Gasteiger partial charge in [-0.2, -0.15) is 0 Å². The molecule has 1 aliphatic rings. The van der Waals surface area contributed by atoms with E-state index in [1.165, 1.54) is 0 Å². The Morgan fingerprint density at radius 2 is 2.14 bits per heavy atom. The number of hydrogen-bond acceptors (Lipinski definition) is 3. The molecular formula is C16H20N2O3. The molecule has 0 unspecified atom stereocenters. The van der Waals surface area contributed by atoms with E-state index in [4.69, 9.17) is 0 Å². The van der Waals surface area contributed by atoms with Crippen LogP contribution in [-0.2, 0) is 6.54 Å². The Bertz CT molecular complexity index is 684. The third-order valence-corrected chi connectivity index (χ3v) is 4.19. The lowest BCUT2D eigenvalue weighted by Crippen LogP contribution is -2.32. The first-order chi connectivity index (χ1) is 9.97. The van der Waals surface area contributed by atoms with E-state index in [2.05, 4.69) is 18.8 Å². The van der Waals surface area contributed by atoms with Crippen LogP contribution in [0.15, 0.2) is 18.2 Å². The Balaban J connectivity index is 2.12. The molecule has 5 nitrogen and oxygen atoms in total. The fourth-order valence-corrected chi connectivity index (χ4v) is 3.11. The minimum Gasteiger partial charge on any atom is -0.478 e. The van der Waals surface area contributed by atoms with Crippen LogP contribution < -0.4 is 0 Å². The Labute approximate surface area is 123 Å². The zero-order valence-electron chi connectivity index (χ0n) is 12.3. The number of para-hydroxylation sites is 1. The number of aliphatic hydroxyl groups is 1. The highest BCUT2D eigenvalue weighted by molar-refractivity contribution is 6.01. The van der Waals surface area contributed by atoms with Crippen molar-refractivity contribution in [2.24, 2.45) is 5.92 Å².